The fourth-order valence-electron chi connectivity index (χ4n) is 2.52. The Morgan fingerprint density at radius 3 is 2.62 bits per heavy atom. The van der Waals surface area contributed by atoms with Crippen molar-refractivity contribution in [1.29, 1.82) is 0 Å². The number of carbonyl (C=O) groups is 1. The first-order chi connectivity index (χ1) is 11.3. The SMILES string of the molecule is CCn1c(C(C)OC(C)=O)nc(C(C)C)c1Sc1cccc(Cl)c1. The molecule has 0 spiro atoms. The first kappa shape index (κ1) is 18.9. The molecule has 0 saturated carbocycles. The zero-order valence-corrected chi connectivity index (χ0v) is 16.2. The van der Waals surface area contributed by atoms with Gasteiger partial charge >= 0.3 is 5.97 Å². The number of benzene rings is 1. The van der Waals surface area contributed by atoms with Crippen LogP contribution < -0.4 is 0 Å². The molecule has 1 aromatic heterocycles. The quantitative estimate of drug-likeness (QED) is 0.637. The number of halogens is 1. The van der Waals surface area contributed by atoms with E-state index in [-0.39, 0.29) is 18.0 Å². The van der Waals surface area contributed by atoms with Crippen LogP contribution in [0.15, 0.2) is 34.2 Å². The molecule has 6 heteroatoms. The first-order valence-electron chi connectivity index (χ1n) is 8.04. The van der Waals surface area contributed by atoms with Crippen molar-refractivity contribution in [1.82, 2.24) is 9.55 Å². The second kappa shape index (κ2) is 8.08. The smallest absolute Gasteiger partial charge is 0.303 e. The summed E-state index contributed by atoms with van der Waals surface area (Å²) >= 11 is 7.75. The van der Waals surface area contributed by atoms with Crippen molar-refractivity contribution in [3.05, 3.63) is 40.8 Å². The molecule has 0 N–H and O–H groups in total. The Balaban J connectivity index is 2.48. The number of ether oxygens (including phenoxy) is 1. The second-order valence-electron chi connectivity index (χ2n) is 5.87. The molecular formula is C18H23ClN2O2S. The summed E-state index contributed by atoms with van der Waals surface area (Å²) in [4.78, 5) is 17.1. The van der Waals surface area contributed by atoms with E-state index in [2.05, 4.69) is 25.3 Å². The van der Waals surface area contributed by atoms with E-state index in [0.29, 0.717) is 5.02 Å². The molecule has 1 heterocycles. The molecule has 0 aliphatic rings. The minimum atomic E-state index is -0.381. The molecule has 2 aromatic rings. The fourth-order valence-corrected chi connectivity index (χ4v) is 4.05. The Kier molecular flexibility index (Phi) is 6.35. The van der Waals surface area contributed by atoms with Gasteiger partial charge in [-0.05, 0) is 38.0 Å². The van der Waals surface area contributed by atoms with Gasteiger partial charge in [0.2, 0.25) is 0 Å². The largest absolute Gasteiger partial charge is 0.455 e. The molecule has 0 saturated heterocycles. The maximum Gasteiger partial charge on any atom is 0.303 e. The molecule has 0 aliphatic carbocycles. The Morgan fingerprint density at radius 1 is 1.38 bits per heavy atom. The summed E-state index contributed by atoms with van der Waals surface area (Å²) in [7, 11) is 0. The summed E-state index contributed by atoms with van der Waals surface area (Å²) in [5.41, 5.74) is 1.01. The predicted octanol–water partition coefficient (Wildman–Crippen LogP) is 5.46. The van der Waals surface area contributed by atoms with Gasteiger partial charge in [-0.3, -0.25) is 4.79 Å². The lowest BCUT2D eigenvalue weighted by Crippen LogP contribution is -2.12. The highest BCUT2D eigenvalue weighted by molar-refractivity contribution is 7.99. The Labute approximate surface area is 152 Å². The van der Waals surface area contributed by atoms with Crippen LogP contribution in [0.1, 0.15) is 58.2 Å². The number of imidazole rings is 1. The normalized spacial score (nSPS) is 12.5. The van der Waals surface area contributed by atoms with Crippen molar-refractivity contribution >= 4 is 29.3 Å². The molecule has 0 amide bonds. The van der Waals surface area contributed by atoms with E-state index in [1.165, 1.54) is 6.92 Å². The van der Waals surface area contributed by atoms with Crippen molar-refractivity contribution < 1.29 is 9.53 Å². The van der Waals surface area contributed by atoms with E-state index in [4.69, 9.17) is 21.3 Å². The summed E-state index contributed by atoms with van der Waals surface area (Å²) in [6, 6.07) is 7.77. The average molecular weight is 367 g/mol. The zero-order valence-electron chi connectivity index (χ0n) is 14.7. The van der Waals surface area contributed by atoms with E-state index in [1.807, 2.05) is 31.2 Å². The zero-order chi connectivity index (χ0) is 17.9. The lowest BCUT2D eigenvalue weighted by atomic mass is 10.1. The van der Waals surface area contributed by atoms with Gasteiger partial charge in [-0.15, -0.1) is 0 Å². The summed E-state index contributed by atoms with van der Waals surface area (Å²) in [6.45, 7) is 10.3. The van der Waals surface area contributed by atoms with E-state index in [9.17, 15) is 4.79 Å². The standard InChI is InChI=1S/C18H23ClN2O2S/c1-6-21-17(12(4)23-13(5)22)20-16(11(2)3)18(21)24-15-9-7-8-14(19)10-15/h7-12H,6H2,1-5H3. The molecule has 2 rings (SSSR count). The number of hydrogen-bond acceptors (Lipinski definition) is 4. The maximum atomic E-state index is 11.3. The summed E-state index contributed by atoms with van der Waals surface area (Å²) in [5.74, 6) is 0.743. The number of aromatic nitrogens is 2. The Morgan fingerprint density at radius 2 is 2.08 bits per heavy atom. The molecule has 0 aliphatic heterocycles. The molecule has 1 atom stereocenters. The third kappa shape index (κ3) is 4.33. The number of nitrogens with zero attached hydrogens (tertiary/aromatic N) is 2. The molecule has 0 radical (unpaired) electrons. The minimum Gasteiger partial charge on any atom is -0.455 e. The van der Waals surface area contributed by atoms with Gasteiger partial charge in [0.15, 0.2) is 11.9 Å². The van der Waals surface area contributed by atoms with Gasteiger partial charge in [0, 0.05) is 23.4 Å². The van der Waals surface area contributed by atoms with Crippen molar-refractivity contribution in [3.63, 3.8) is 0 Å². The number of rotatable bonds is 6. The van der Waals surface area contributed by atoms with E-state index in [1.54, 1.807) is 11.8 Å². The van der Waals surface area contributed by atoms with Crippen LogP contribution in [0.3, 0.4) is 0 Å². The number of carbonyl (C=O) groups excluding carboxylic acids is 1. The summed E-state index contributed by atoms with van der Waals surface area (Å²) < 4.78 is 7.46. The Bertz CT molecular complexity index is 728. The third-order valence-electron chi connectivity index (χ3n) is 3.56. The molecule has 4 nitrogen and oxygen atoms in total. The predicted molar refractivity (Wildman–Crippen MR) is 97.7 cm³/mol. The second-order valence-corrected chi connectivity index (χ2v) is 7.37. The van der Waals surface area contributed by atoms with Gasteiger partial charge in [-0.2, -0.15) is 0 Å². The third-order valence-corrected chi connectivity index (χ3v) is 4.90. The van der Waals surface area contributed by atoms with Crippen molar-refractivity contribution in [2.75, 3.05) is 0 Å². The van der Waals surface area contributed by atoms with Crippen LogP contribution >= 0.6 is 23.4 Å². The van der Waals surface area contributed by atoms with Crippen LogP contribution in [0.25, 0.3) is 0 Å². The van der Waals surface area contributed by atoms with Crippen molar-refractivity contribution in [2.24, 2.45) is 0 Å². The van der Waals surface area contributed by atoms with E-state index >= 15 is 0 Å². The maximum absolute atomic E-state index is 11.3. The van der Waals surface area contributed by atoms with Crippen LogP contribution in [-0.2, 0) is 16.1 Å². The summed E-state index contributed by atoms with van der Waals surface area (Å²) in [6.07, 6.45) is -0.381. The molecule has 0 bridgehead atoms. The van der Waals surface area contributed by atoms with Crippen LogP contribution in [-0.4, -0.2) is 15.5 Å². The highest BCUT2D eigenvalue weighted by atomic mass is 35.5. The first-order valence-corrected chi connectivity index (χ1v) is 9.23. The van der Waals surface area contributed by atoms with Gasteiger partial charge in [0.25, 0.3) is 0 Å². The van der Waals surface area contributed by atoms with Gasteiger partial charge in [0.1, 0.15) is 5.03 Å². The summed E-state index contributed by atoms with van der Waals surface area (Å²) in [5, 5.41) is 1.78. The molecular weight excluding hydrogens is 344 g/mol. The van der Waals surface area contributed by atoms with Crippen LogP contribution in [0, 0.1) is 0 Å². The molecule has 24 heavy (non-hydrogen) atoms. The number of hydrogen-bond donors (Lipinski definition) is 0. The monoisotopic (exact) mass is 366 g/mol. The number of esters is 1. The van der Waals surface area contributed by atoms with Gasteiger partial charge < -0.3 is 9.30 Å². The van der Waals surface area contributed by atoms with Crippen LogP contribution in [0.2, 0.25) is 5.02 Å². The van der Waals surface area contributed by atoms with E-state index in [0.717, 1.165) is 28.0 Å². The van der Waals surface area contributed by atoms with Gasteiger partial charge in [0.05, 0.1) is 5.69 Å². The fraction of sp³-hybridized carbons (Fsp3) is 0.444. The molecule has 130 valence electrons. The van der Waals surface area contributed by atoms with Gasteiger partial charge in [-0.25, -0.2) is 4.98 Å². The van der Waals surface area contributed by atoms with Gasteiger partial charge in [-0.1, -0.05) is 43.3 Å². The lowest BCUT2D eigenvalue weighted by molar-refractivity contribution is -0.146. The highest BCUT2D eigenvalue weighted by Crippen LogP contribution is 2.37. The van der Waals surface area contributed by atoms with Crippen LogP contribution in [0.5, 0.6) is 0 Å². The topological polar surface area (TPSA) is 44.1 Å². The van der Waals surface area contributed by atoms with Crippen molar-refractivity contribution in [3.8, 4) is 0 Å². The van der Waals surface area contributed by atoms with E-state index < -0.39 is 0 Å². The Hall–Kier alpha value is -1.46. The molecule has 1 aromatic carbocycles. The van der Waals surface area contributed by atoms with Crippen LogP contribution in [0.4, 0.5) is 0 Å². The van der Waals surface area contributed by atoms with Crippen molar-refractivity contribution in [2.45, 2.75) is 63.1 Å². The average Bonchev–Trinajstić information content (AvgIpc) is 2.85. The minimum absolute atomic E-state index is 0.266. The molecule has 1 unspecified atom stereocenters. The molecule has 0 fully saturated rings. The highest BCUT2D eigenvalue weighted by Gasteiger charge is 2.24. The lowest BCUT2D eigenvalue weighted by Gasteiger charge is -2.15.